The second-order valence-corrected chi connectivity index (χ2v) is 0. The van der Waals surface area contributed by atoms with Crippen molar-refractivity contribution in [3.05, 3.63) is 0 Å². The monoisotopic (exact) mass is 277 g/mol. The van der Waals surface area contributed by atoms with Crippen molar-refractivity contribution in [2.24, 2.45) is 0 Å². The van der Waals surface area contributed by atoms with Crippen molar-refractivity contribution in [1.29, 1.82) is 0 Å². The molecule has 0 aliphatic rings. The summed E-state index contributed by atoms with van der Waals surface area (Å²) >= 11 is 4.87. The molecule has 0 aliphatic carbocycles. The zero-order valence-electron chi connectivity index (χ0n) is 1.43. The molecule has 0 radical (unpaired) electrons. The Labute approximate surface area is 55.5 Å². The molecule has 0 saturated heterocycles. The molecule has 0 atom stereocenters. The van der Waals surface area contributed by atoms with E-state index in [1.54, 1.807) is 0 Å². The van der Waals surface area contributed by atoms with Crippen LogP contribution in [-0.2, 0) is 36.6 Å². The van der Waals surface area contributed by atoms with Crippen LogP contribution in [0.25, 0.3) is 0 Å². The summed E-state index contributed by atoms with van der Waals surface area (Å²) in [6.45, 7) is 0. The SMILES string of the molecule is [S]=[Ag].[S]=[Pd]. The van der Waals surface area contributed by atoms with Crippen LogP contribution in [0.15, 0.2) is 0 Å². The van der Waals surface area contributed by atoms with Gasteiger partial charge in [0.15, 0.2) is 0 Å². The van der Waals surface area contributed by atoms with Crippen molar-refractivity contribution in [3.63, 3.8) is 0 Å². The van der Waals surface area contributed by atoms with E-state index in [0.717, 1.165) is 0 Å². The molecule has 0 spiro atoms. The summed E-state index contributed by atoms with van der Waals surface area (Å²) in [5, 5.41) is 0. The minimum absolute atomic E-state index is 2.33. The molecule has 0 aromatic rings. The Bertz CT molecular complexity index is 8.00. The quantitative estimate of drug-likeness (QED) is 0.613. The second-order valence-electron chi connectivity index (χ2n) is 0. The number of hydrogen-bond donors (Lipinski definition) is 0. The average molecular weight is 278 g/mol. The minimum atomic E-state index is 2.33. The Morgan fingerprint density at radius 1 is 1.25 bits per heavy atom. The maximum atomic E-state index is 3.93. The number of hydrogen-bond acceptors (Lipinski definition) is 2. The molecule has 4 heavy (non-hydrogen) atoms. The molecule has 0 aliphatic heterocycles. The Morgan fingerprint density at radius 2 is 1.25 bits per heavy atom. The predicted molar refractivity (Wildman–Crippen MR) is 15.2 cm³/mol. The molecule has 33 valence electrons. The third-order valence-corrected chi connectivity index (χ3v) is 0. The van der Waals surface area contributed by atoms with Gasteiger partial charge in [0.1, 0.15) is 0 Å². The molecule has 4 heteroatoms. The van der Waals surface area contributed by atoms with Crippen molar-refractivity contribution in [2.45, 2.75) is 0 Å². The predicted octanol–water partition coefficient (Wildman–Crippen LogP) is 1.29. The van der Waals surface area contributed by atoms with Crippen LogP contribution in [0.5, 0.6) is 0 Å². The third kappa shape index (κ3) is 9.15. The van der Waals surface area contributed by atoms with E-state index in [9.17, 15) is 0 Å². The van der Waals surface area contributed by atoms with Gasteiger partial charge in [-0.2, -0.15) is 0 Å². The molecule has 0 nitrogen and oxygen atoms in total. The third-order valence-electron chi connectivity index (χ3n) is 0. The van der Waals surface area contributed by atoms with E-state index in [2.05, 4.69) is 56.1 Å². The zero-order valence-corrected chi connectivity index (χ0v) is 6.10. The standard InChI is InChI=1S/Ag.Pd.2S. The molecule has 0 unspecified atom stereocenters. The fraction of sp³-hybridized carbons (Fsp3) is 0. The van der Waals surface area contributed by atoms with Crippen LogP contribution in [0.1, 0.15) is 0 Å². The molecule has 0 aromatic carbocycles. The van der Waals surface area contributed by atoms with E-state index >= 15 is 0 Å². The molecule has 0 fully saturated rings. The Balaban J connectivity index is 0. The van der Waals surface area contributed by atoms with Crippen molar-refractivity contribution in [3.8, 4) is 0 Å². The van der Waals surface area contributed by atoms with Gasteiger partial charge in [-0.15, -0.1) is 0 Å². The summed E-state index contributed by atoms with van der Waals surface area (Å²) in [4.78, 5) is 0. The van der Waals surface area contributed by atoms with Gasteiger partial charge in [-0.1, -0.05) is 0 Å². The molecule has 0 heterocycles. The Morgan fingerprint density at radius 3 is 1.25 bits per heavy atom. The van der Waals surface area contributed by atoms with Crippen LogP contribution >= 0.6 is 19.5 Å². The normalized spacial score (nSPS) is 3.00. The average Bonchev–Trinajstić information content (AvgIpc) is 1.50. The van der Waals surface area contributed by atoms with Gasteiger partial charge in [0, 0.05) is 0 Å². The van der Waals surface area contributed by atoms with E-state index in [-0.39, 0.29) is 0 Å². The fourth-order valence-electron chi connectivity index (χ4n) is 0. The van der Waals surface area contributed by atoms with Crippen LogP contribution in [-0.4, -0.2) is 0 Å². The molecule has 0 rings (SSSR count). The van der Waals surface area contributed by atoms with Crippen molar-refractivity contribution >= 4 is 19.5 Å². The van der Waals surface area contributed by atoms with E-state index in [1.807, 2.05) is 0 Å². The summed E-state index contributed by atoms with van der Waals surface area (Å²) in [6, 6.07) is 0. The molecular formula is AgPdS2. The Kier molecular flexibility index (Phi) is 48.9. The van der Waals surface area contributed by atoms with Gasteiger partial charge < -0.3 is 0 Å². The summed E-state index contributed by atoms with van der Waals surface area (Å²) < 4.78 is 0. The van der Waals surface area contributed by atoms with Gasteiger partial charge >= 0.3 is 56.1 Å². The molecule has 0 bridgehead atoms. The van der Waals surface area contributed by atoms with Crippen molar-refractivity contribution in [1.82, 2.24) is 0 Å². The fourth-order valence-corrected chi connectivity index (χ4v) is 0. The van der Waals surface area contributed by atoms with E-state index < -0.39 is 0 Å². The van der Waals surface area contributed by atoms with Crippen LogP contribution in [0.3, 0.4) is 0 Å². The molecule has 0 aromatic heterocycles. The first-order valence-corrected chi connectivity index (χ1v) is 4.48. The van der Waals surface area contributed by atoms with Crippen LogP contribution in [0.2, 0.25) is 0 Å². The molecule has 0 saturated carbocycles. The zero-order chi connectivity index (χ0) is 4.00. The van der Waals surface area contributed by atoms with Crippen LogP contribution in [0.4, 0.5) is 0 Å². The van der Waals surface area contributed by atoms with Crippen LogP contribution in [0, 0.1) is 0 Å². The molecular weight excluding hydrogens is 278 g/mol. The topological polar surface area (TPSA) is 0 Å². The summed E-state index contributed by atoms with van der Waals surface area (Å²) in [5.41, 5.74) is 0. The van der Waals surface area contributed by atoms with Crippen molar-refractivity contribution < 1.29 is 36.6 Å². The van der Waals surface area contributed by atoms with Gasteiger partial charge in [-0.25, -0.2) is 0 Å². The van der Waals surface area contributed by atoms with Crippen LogP contribution < -0.4 is 0 Å². The first kappa shape index (κ1) is 9.28. The summed E-state index contributed by atoms with van der Waals surface area (Å²) in [6.07, 6.45) is 0. The first-order valence-electron chi connectivity index (χ1n) is 0.252. The van der Waals surface area contributed by atoms with E-state index in [1.165, 1.54) is 0 Å². The summed E-state index contributed by atoms with van der Waals surface area (Å²) in [5.74, 6) is 0. The molecule has 0 N–H and O–H groups in total. The molecule has 0 amide bonds. The van der Waals surface area contributed by atoms with Gasteiger partial charge in [0.2, 0.25) is 0 Å². The van der Waals surface area contributed by atoms with E-state index in [4.69, 9.17) is 0 Å². The Hall–Kier alpha value is 1.84. The van der Waals surface area contributed by atoms with Crippen molar-refractivity contribution in [2.75, 3.05) is 0 Å². The van der Waals surface area contributed by atoms with Gasteiger partial charge in [-0.05, 0) is 0 Å². The van der Waals surface area contributed by atoms with Gasteiger partial charge in [0.25, 0.3) is 0 Å². The number of rotatable bonds is 0. The summed E-state index contributed by atoms with van der Waals surface area (Å²) in [7, 11) is 7.83. The maximum absolute atomic E-state index is 3.93. The van der Waals surface area contributed by atoms with E-state index in [0.29, 0.717) is 0 Å². The first-order chi connectivity index (χ1) is 2.00. The van der Waals surface area contributed by atoms with Gasteiger partial charge in [0.05, 0.1) is 0 Å². The second kappa shape index (κ2) is 21.1. The van der Waals surface area contributed by atoms with Gasteiger partial charge in [-0.3, -0.25) is 0 Å².